The Bertz CT molecular complexity index is 4350. The number of para-hydroxylation sites is 1. The molecular weight excluding hydrogens is 581 g/mol. The molecule has 1 aliphatic rings. The molecule has 0 atom stereocenters. The summed E-state index contributed by atoms with van der Waals surface area (Å²) in [6.45, 7) is -7.69. The van der Waals surface area contributed by atoms with Crippen LogP contribution in [-0.4, -0.2) is 0 Å². The number of rotatable bonds is 3. The van der Waals surface area contributed by atoms with Crippen LogP contribution in [0.3, 0.4) is 0 Å². The molecule has 8 aromatic carbocycles. The molecule has 0 fully saturated rings. The zero-order valence-corrected chi connectivity index (χ0v) is 23.9. The van der Waals surface area contributed by atoms with Crippen molar-refractivity contribution in [2.45, 2.75) is 19.1 Å². The summed E-state index contributed by atoms with van der Waals surface area (Å²) in [5.74, 6) is 0. The first-order valence-corrected chi connectivity index (χ1v) is 14.2. The molecule has 48 heavy (non-hydrogen) atoms. The molecule has 0 saturated heterocycles. The van der Waals surface area contributed by atoms with E-state index in [9.17, 15) is 16.4 Å². The van der Waals surface area contributed by atoms with Gasteiger partial charge in [0.15, 0.2) is 0 Å². The Balaban J connectivity index is 1.49. The highest BCUT2D eigenvalue weighted by Crippen LogP contribution is 2.50. The van der Waals surface area contributed by atoms with Crippen molar-refractivity contribution in [3.8, 4) is 44.5 Å². The third-order valence-corrected chi connectivity index (χ3v) is 8.20. The van der Waals surface area contributed by atoms with Crippen molar-refractivity contribution in [1.29, 1.82) is 0 Å². The van der Waals surface area contributed by atoms with Crippen molar-refractivity contribution < 1.29 is 48.3 Å². The van der Waals surface area contributed by atoms with Gasteiger partial charge in [0.25, 0.3) is 0 Å². The van der Waals surface area contributed by atoms with E-state index in [1.807, 2.05) is 0 Å². The first-order chi connectivity index (χ1) is 36.9. The number of fused-ring (bicyclic) bond motifs is 8. The summed E-state index contributed by atoms with van der Waals surface area (Å²) in [7, 11) is 0. The molecule has 226 valence electrons. The highest BCUT2D eigenvalue weighted by atomic mass is 16.3. The SMILES string of the molecule is [2H]c1c([2H])c(-c2c([2H])c([2H])c3c(c2[2H])-c2c([2H])c([2H])c([2H])c([2H])c2C3(C([2H])([2H])[2H])C([2H])([2H])[2H])c([2H])c(-c2c3c([2H])c([2H])c([2H])c([2H])c3c(-c3c([2H])c([2H])c([2H])c4oc5c([2H])c([2H])c([2H])c([2H])c5c34)c3c([2H])c([2H])c([2H])c([2H])c23)c1[2H]. The lowest BCUT2D eigenvalue weighted by Crippen LogP contribution is -2.14. The Morgan fingerprint density at radius 2 is 1.00 bits per heavy atom. The predicted molar refractivity (Wildman–Crippen MR) is 203 cm³/mol. The van der Waals surface area contributed by atoms with Gasteiger partial charge in [0, 0.05) is 24.4 Å². The van der Waals surface area contributed by atoms with E-state index in [0.29, 0.717) is 0 Å². The van der Waals surface area contributed by atoms with E-state index < -0.39 is 275 Å². The minimum Gasteiger partial charge on any atom is -0.456 e. The predicted octanol–water partition coefficient (Wildman–Crippen LogP) is 13.2. The van der Waals surface area contributed by atoms with Gasteiger partial charge in [0.1, 0.15) is 11.2 Å². The molecule has 0 N–H and O–H groups in total. The summed E-state index contributed by atoms with van der Waals surface area (Å²) < 4.78 is 295. The summed E-state index contributed by atoms with van der Waals surface area (Å²) in [5.41, 5.74) is -14.4. The Morgan fingerprint density at radius 3 is 1.77 bits per heavy atom. The van der Waals surface area contributed by atoms with Gasteiger partial charge in [0.2, 0.25) is 0 Å². The molecule has 1 heterocycles. The molecule has 0 unspecified atom stereocenters. The average Bonchev–Trinajstić information content (AvgIpc) is 2.74. The van der Waals surface area contributed by atoms with Crippen molar-refractivity contribution in [2.24, 2.45) is 0 Å². The molecule has 1 nitrogen and oxygen atoms in total. The molecule has 0 bridgehead atoms. The van der Waals surface area contributed by atoms with Gasteiger partial charge in [-0.2, -0.15) is 0 Å². The quantitative estimate of drug-likeness (QED) is 0.174. The van der Waals surface area contributed by atoms with Gasteiger partial charge >= 0.3 is 0 Å². The number of hydrogen-bond acceptors (Lipinski definition) is 1. The van der Waals surface area contributed by atoms with Crippen molar-refractivity contribution in [3.05, 3.63) is 168 Å². The maximum atomic E-state index is 9.98. The summed E-state index contributed by atoms with van der Waals surface area (Å²) in [6, 6.07) is -27.8. The molecule has 9 aromatic rings. The lowest BCUT2D eigenvalue weighted by atomic mass is 9.82. The van der Waals surface area contributed by atoms with E-state index in [1.165, 1.54) is 0 Å². The van der Waals surface area contributed by atoms with E-state index in [2.05, 4.69) is 0 Å². The van der Waals surface area contributed by atoms with Crippen LogP contribution in [0, 0.1) is 0 Å². The highest BCUT2D eigenvalue weighted by Gasteiger charge is 2.35. The van der Waals surface area contributed by atoms with Crippen LogP contribution < -0.4 is 0 Å². The van der Waals surface area contributed by atoms with E-state index in [1.54, 1.807) is 0 Å². The third-order valence-electron chi connectivity index (χ3n) is 8.20. The molecule has 0 saturated carbocycles. The number of furan rings is 1. The van der Waals surface area contributed by atoms with E-state index >= 15 is 0 Å². The minimum absolute atomic E-state index is 0.528. The van der Waals surface area contributed by atoms with E-state index in [4.69, 9.17) is 31.8 Å². The van der Waals surface area contributed by atoms with E-state index in [0.717, 1.165) is 0 Å². The van der Waals surface area contributed by atoms with Crippen molar-refractivity contribution in [3.63, 3.8) is 0 Å². The Kier molecular flexibility index (Phi) is 2.15. The first-order valence-electron chi connectivity index (χ1n) is 30.2. The second-order valence-electron chi connectivity index (χ2n) is 10.8. The molecule has 1 heteroatoms. The molecule has 10 rings (SSSR count). The van der Waals surface area contributed by atoms with Crippen molar-refractivity contribution in [1.82, 2.24) is 0 Å². The monoisotopic (exact) mass is 644 g/mol. The van der Waals surface area contributed by atoms with Gasteiger partial charge in [-0.1, -0.05) is 147 Å². The normalized spacial score (nSPS) is 23.3. The molecule has 0 aliphatic heterocycles. The topological polar surface area (TPSA) is 13.1 Å². The minimum atomic E-state index is -3.84. The molecule has 0 spiro atoms. The van der Waals surface area contributed by atoms with Crippen LogP contribution in [0.15, 0.2) is 162 Å². The summed E-state index contributed by atoms with van der Waals surface area (Å²) in [5, 5.41) is -4.40. The largest absolute Gasteiger partial charge is 0.456 e. The maximum Gasteiger partial charge on any atom is 0.136 e. The number of benzene rings is 8. The van der Waals surface area contributed by atoms with Gasteiger partial charge in [-0.15, -0.1) is 0 Å². The van der Waals surface area contributed by atoms with Gasteiger partial charge in [-0.05, 0) is 101 Å². The molecule has 0 amide bonds. The fourth-order valence-corrected chi connectivity index (χ4v) is 6.17. The summed E-state index contributed by atoms with van der Waals surface area (Å²) >= 11 is 0. The van der Waals surface area contributed by atoms with Crippen molar-refractivity contribution >= 4 is 43.5 Å². The van der Waals surface area contributed by atoms with Gasteiger partial charge in [-0.25, -0.2) is 0 Å². The lowest BCUT2D eigenvalue weighted by molar-refractivity contribution is 0.660. The van der Waals surface area contributed by atoms with E-state index in [-0.39, 0.29) is 0 Å². The first kappa shape index (κ1) is 10.3. The fraction of sp³-hybridized carbons (Fsp3) is 0.0638. The molecular formula is C47H32O. The van der Waals surface area contributed by atoms with Crippen LogP contribution in [0.1, 0.15) is 68.7 Å². The zero-order valence-electron chi connectivity index (χ0n) is 55.9. The molecule has 1 aliphatic carbocycles. The van der Waals surface area contributed by atoms with Crippen LogP contribution in [0.4, 0.5) is 0 Å². The Morgan fingerprint density at radius 1 is 0.438 bits per heavy atom. The second kappa shape index (κ2) is 10.0. The lowest BCUT2D eigenvalue weighted by Gasteiger charge is -2.21. The van der Waals surface area contributed by atoms with Crippen LogP contribution in [-0.2, 0) is 5.41 Å². The smallest absolute Gasteiger partial charge is 0.136 e. The second-order valence-corrected chi connectivity index (χ2v) is 10.8. The van der Waals surface area contributed by atoms with Crippen molar-refractivity contribution in [2.75, 3.05) is 0 Å². The molecule has 0 radical (unpaired) electrons. The van der Waals surface area contributed by atoms with Crippen LogP contribution in [0.25, 0.3) is 88.0 Å². The number of hydrogen-bond donors (Lipinski definition) is 0. The average molecular weight is 645 g/mol. The van der Waals surface area contributed by atoms with Gasteiger partial charge in [-0.3, -0.25) is 0 Å². The standard InChI is InChI=1S/C47H32O/c1-47(2)40-22-9-7-15-32(40)39-28-30(25-26-41(39)47)29-13-11-14-31(27-29)44-33-16-3-5-18-35(33)45(36-19-6-4-17-34(36)44)38-21-12-24-43-46(38)37-20-8-10-23-42(37)48-43/h3-28H,1-2H3/i1D3,2D3,3D,4D,5D,6D,7D,8D,9D,10D,11D,12D,13D,14D,15D,16D,17D,18D,19D,20D,21D,22D,23D,24D,25D,26D,27D,28D. The summed E-state index contributed by atoms with van der Waals surface area (Å²) in [6.07, 6.45) is 0. The Hall–Kier alpha value is -5.92. The zero-order chi connectivity index (χ0) is 59.6. The fourth-order valence-electron chi connectivity index (χ4n) is 6.17. The maximum absolute atomic E-state index is 9.98. The Labute approximate surface area is 324 Å². The van der Waals surface area contributed by atoms with Gasteiger partial charge in [0.05, 0.1) is 35.6 Å². The summed E-state index contributed by atoms with van der Waals surface area (Å²) in [4.78, 5) is 0. The van der Waals surface area contributed by atoms with Gasteiger partial charge < -0.3 is 4.42 Å². The highest BCUT2D eigenvalue weighted by molar-refractivity contribution is 6.25. The van der Waals surface area contributed by atoms with Crippen LogP contribution >= 0.6 is 0 Å². The third kappa shape index (κ3) is 3.79. The molecule has 1 aromatic heterocycles. The van der Waals surface area contributed by atoms with Crippen LogP contribution in [0.5, 0.6) is 0 Å². The van der Waals surface area contributed by atoms with Crippen LogP contribution in [0.2, 0.25) is 0 Å².